The zero-order valence-electron chi connectivity index (χ0n) is 8.06. The van der Waals surface area contributed by atoms with E-state index in [1.807, 2.05) is 0 Å². The topological polar surface area (TPSA) is 104 Å². The first-order valence-corrected chi connectivity index (χ1v) is 5.83. The lowest BCUT2D eigenvalue weighted by molar-refractivity contribution is 0.459. The summed E-state index contributed by atoms with van der Waals surface area (Å²) in [5.74, 6) is -0.566. The van der Waals surface area contributed by atoms with Crippen molar-refractivity contribution >= 4 is 15.5 Å². The molecule has 3 N–H and O–H groups in total. The quantitative estimate of drug-likeness (QED) is 0.720. The lowest BCUT2D eigenvalue weighted by atomic mass is 10.2. The fraction of sp³-hybridized carbons (Fsp3) is 0.222. The zero-order chi connectivity index (χ0) is 11.6. The molecule has 0 spiro atoms. The predicted octanol–water partition coefficient (Wildman–Crippen LogP) is 0.640. The number of anilines is 1. The highest BCUT2D eigenvalue weighted by Crippen LogP contribution is 2.28. The summed E-state index contributed by atoms with van der Waals surface area (Å²) in [6, 6.07) is 3.92. The molecule has 6 heteroatoms. The normalized spacial score (nSPS) is 10.9. The Hall–Kier alpha value is -1.74. The highest BCUT2D eigenvalue weighted by atomic mass is 32.2. The van der Waals surface area contributed by atoms with Gasteiger partial charge in [0, 0.05) is 6.07 Å². The van der Waals surface area contributed by atoms with Crippen LogP contribution in [-0.2, 0) is 9.84 Å². The van der Waals surface area contributed by atoms with E-state index in [1.165, 1.54) is 6.92 Å². The maximum atomic E-state index is 11.5. The molecule has 15 heavy (non-hydrogen) atoms. The molecule has 1 aromatic rings. The molecule has 0 unspecified atom stereocenters. The zero-order valence-corrected chi connectivity index (χ0v) is 8.87. The van der Waals surface area contributed by atoms with Crippen molar-refractivity contribution in [3.05, 3.63) is 17.7 Å². The van der Waals surface area contributed by atoms with E-state index in [9.17, 15) is 13.5 Å². The summed E-state index contributed by atoms with van der Waals surface area (Å²) in [5.41, 5.74) is 5.51. The van der Waals surface area contributed by atoms with Crippen LogP contribution in [-0.4, -0.2) is 19.3 Å². The Morgan fingerprint density at radius 2 is 2.13 bits per heavy atom. The Kier molecular flexibility index (Phi) is 2.86. The second kappa shape index (κ2) is 3.79. The largest absolute Gasteiger partial charge is 0.507 e. The molecule has 0 aromatic heterocycles. The summed E-state index contributed by atoms with van der Waals surface area (Å²) in [7, 11) is -3.53. The fourth-order valence-electron chi connectivity index (χ4n) is 1.09. The first-order chi connectivity index (χ1) is 6.92. The van der Waals surface area contributed by atoms with Crippen LogP contribution >= 0.6 is 0 Å². The average molecular weight is 226 g/mol. The van der Waals surface area contributed by atoms with Crippen LogP contribution in [0.25, 0.3) is 0 Å². The smallest absolute Gasteiger partial charge is 0.181 e. The Balaban J connectivity index is 3.53. The predicted molar refractivity (Wildman–Crippen MR) is 55.0 cm³/mol. The third kappa shape index (κ3) is 2.02. The minimum absolute atomic E-state index is 0.0415. The van der Waals surface area contributed by atoms with Gasteiger partial charge in [-0.1, -0.05) is 6.92 Å². The number of hydrogen-bond donors (Lipinski definition) is 2. The van der Waals surface area contributed by atoms with Crippen molar-refractivity contribution in [3.8, 4) is 11.8 Å². The van der Waals surface area contributed by atoms with E-state index < -0.39 is 15.6 Å². The first kappa shape index (κ1) is 11.3. The van der Waals surface area contributed by atoms with Gasteiger partial charge in [-0.2, -0.15) is 5.26 Å². The van der Waals surface area contributed by atoms with E-state index in [-0.39, 0.29) is 21.9 Å². The van der Waals surface area contributed by atoms with Crippen molar-refractivity contribution in [1.82, 2.24) is 0 Å². The van der Waals surface area contributed by atoms with Gasteiger partial charge in [-0.3, -0.25) is 0 Å². The van der Waals surface area contributed by atoms with Gasteiger partial charge in [-0.25, -0.2) is 8.42 Å². The summed E-state index contributed by atoms with van der Waals surface area (Å²) in [6.45, 7) is 1.46. The number of aromatic hydroxyl groups is 1. The van der Waals surface area contributed by atoms with Crippen molar-refractivity contribution < 1.29 is 13.5 Å². The summed E-state index contributed by atoms with van der Waals surface area (Å²) >= 11 is 0. The Bertz CT molecular complexity index is 529. The van der Waals surface area contributed by atoms with Crippen LogP contribution in [0.1, 0.15) is 12.5 Å². The molecule has 0 heterocycles. The third-order valence-corrected chi connectivity index (χ3v) is 3.72. The maximum absolute atomic E-state index is 11.5. The van der Waals surface area contributed by atoms with Crippen LogP contribution in [0, 0.1) is 11.3 Å². The van der Waals surface area contributed by atoms with Crippen molar-refractivity contribution in [3.63, 3.8) is 0 Å². The number of phenolic OH excluding ortho intramolecular Hbond substituents is 1. The molecule has 0 aliphatic heterocycles. The lowest BCUT2D eigenvalue weighted by Crippen LogP contribution is -2.05. The SMILES string of the molecule is CCS(=O)(=O)c1cc(C#N)c(N)cc1O. The van der Waals surface area contributed by atoms with E-state index in [0.717, 1.165) is 12.1 Å². The molecule has 0 saturated heterocycles. The van der Waals surface area contributed by atoms with Gasteiger partial charge in [0.25, 0.3) is 0 Å². The molecule has 0 aliphatic carbocycles. The second-order valence-electron chi connectivity index (χ2n) is 2.92. The van der Waals surface area contributed by atoms with Gasteiger partial charge in [-0.15, -0.1) is 0 Å². The number of nitrogens with zero attached hydrogens (tertiary/aromatic N) is 1. The molecule has 0 atom stereocenters. The van der Waals surface area contributed by atoms with Gasteiger partial charge >= 0.3 is 0 Å². The lowest BCUT2D eigenvalue weighted by Gasteiger charge is -2.06. The van der Waals surface area contributed by atoms with Gasteiger partial charge in [-0.05, 0) is 6.07 Å². The number of nitriles is 1. The van der Waals surface area contributed by atoms with E-state index in [2.05, 4.69) is 0 Å². The van der Waals surface area contributed by atoms with Crippen LogP contribution in [0.15, 0.2) is 17.0 Å². The van der Waals surface area contributed by atoms with Gasteiger partial charge < -0.3 is 10.8 Å². The number of nitrogen functional groups attached to an aromatic ring is 1. The third-order valence-electron chi connectivity index (χ3n) is 1.97. The minimum atomic E-state index is -3.53. The number of rotatable bonds is 2. The van der Waals surface area contributed by atoms with Crippen LogP contribution < -0.4 is 5.73 Å². The molecule has 0 aliphatic rings. The van der Waals surface area contributed by atoms with Gasteiger partial charge in [0.15, 0.2) is 9.84 Å². The van der Waals surface area contributed by atoms with E-state index >= 15 is 0 Å². The summed E-state index contributed by atoms with van der Waals surface area (Å²) in [4.78, 5) is -0.254. The molecule has 5 nitrogen and oxygen atoms in total. The van der Waals surface area contributed by atoms with Crippen molar-refractivity contribution in [2.75, 3.05) is 11.5 Å². The number of sulfone groups is 1. The van der Waals surface area contributed by atoms with Crippen LogP contribution in [0.3, 0.4) is 0 Å². The first-order valence-electron chi connectivity index (χ1n) is 4.17. The van der Waals surface area contributed by atoms with Crippen LogP contribution in [0.5, 0.6) is 5.75 Å². The summed E-state index contributed by atoms with van der Waals surface area (Å²) in [6.07, 6.45) is 0. The molecule has 0 amide bonds. The van der Waals surface area contributed by atoms with Crippen LogP contribution in [0.4, 0.5) is 5.69 Å². The number of benzene rings is 1. The molecular weight excluding hydrogens is 216 g/mol. The van der Waals surface area contributed by atoms with E-state index in [1.54, 1.807) is 6.07 Å². The van der Waals surface area contributed by atoms with Gasteiger partial charge in [0.2, 0.25) is 0 Å². The highest BCUT2D eigenvalue weighted by molar-refractivity contribution is 7.91. The van der Waals surface area contributed by atoms with E-state index in [4.69, 9.17) is 11.0 Å². The molecule has 1 rings (SSSR count). The molecule has 0 radical (unpaired) electrons. The maximum Gasteiger partial charge on any atom is 0.181 e. The molecule has 1 aromatic carbocycles. The van der Waals surface area contributed by atoms with Gasteiger partial charge in [0.05, 0.1) is 17.0 Å². The number of hydrogen-bond acceptors (Lipinski definition) is 5. The molecule has 0 bridgehead atoms. The number of phenols is 1. The Morgan fingerprint density at radius 3 is 2.60 bits per heavy atom. The van der Waals surface area contributed by atoms with Crippen LogP contribution in [0.2, 0.25) is 0 Å². The minimum Gasteiger partial charge on any atom is -0.507 e. The molecular formula is C9H10N2O3S. The van der Waals surface area contributed by atoms with Crippen molar-refractivity contribution in [2.45, 2.75) is 11.8 Å². The Labute approximate surface area is 87.7 Å². The van der Waals surface area contributed by atoms with Crippen molar-refractivity contribution in [2.24, 2.45) is 0 Å². The van der Waals surface area contributed by atoms with Crippen molar-refractivity contribution in [1.29, 1.82) is 5.26 Å². The number of nitrogens with two attached hydrogens (primary N) is 1. The van der Waals surface area contributed by atoms with E-state index in [0.29, 0.717) is 0 Å². The molecule has 80 valence electrons. The standard InChI is InChI=1S/C9H10N2O3S/c1-2-15(13,14)9-3-6(5-10)7(11)4-8(9)12/h3-4,12H,2,11H2,1H3. The summed E-state index contributed by atoms with van der Waals surface area (Å²) < 4.78 is 23.0. The monoisotopic (exact) mass is 226 g/mol. The Morgan fingerprint density at radius 1 is 1.53 bits per heavy atom. The fourth-order valence-corrected chi connectivity index (χ4v) is 2.07. The molecule has 0 saturated carbocycles. The van der Waals surface area contributed by atoms with Gasteiger partial charge in [0.1, 0.15) is 16.7 Å². The highest BCUT2D eigenvalue weighted by Gasteiger charge is 2.18. The summed E-state index contributed by atoms with van der Waals surface area (Å²) in [5, 5.41) is 18.1. The second-order valence-corrected chi connectivity index (χ2v) is 5.17. The average Bonchev–Trinajstić information content (AvgIpc) is 2.17. The molecule has 0 fully saturated rings.